The van der Waals surface area contributed by atoms with Gasteiger partial charge in [0.1, 0.15) is 0 Å². The zero-order chi connectivity index (χ0) is 13.7. The van der Waals surface area contributed by atoms with Gasteiger partial charge in [-0.15, -0.1) is 12.4 Å². The summed E-state index contributed by atoms with van der Waals surface area (Å²) < 4.78 is 0. The Bertz CT molecular complexity index is 442. The molecule has 3 nitrogen and oxygen atoms in total. The molecule has 1 aromatic rings. The molecule has 0 saturated carbocycles. The molecule has 1 aliphatic rings. The number of nitrogens with one attached hydrogen (secondary N) is 2. The highest BCUT2D eigenvalue weighted by Gasteiger charge is 2.17. The highest BCUT2D eigenvalue weighted by atomic mass is 35.5. The molecule has 112 valence electrons. The van der Waals surface area contributed by atoms with Crippen LogP contribution >= 0.6 is 12.4 Å². The van der Waals surface area contributed by atoms with E-state index in [4.69, 9.17) is 0 Å². The van der Waals surface area contributed by atoms with Gasteiger partial charge in [0.2, 0.25) is 0 Å². The minimum atomic E-state index is 0. The molecule has 0 bridgehead atoms. The lowest BCUT2D eigenvalue weighted by molar-refractivity contribution is 0.0953. The smallest absolute Gasteiger partial charge is 0.251 e. The van der Waals surface area contributed by atoms with Crippen LogP contribution in [0.3, 0.4) is 0 Å². The lowest BCUT2D eigenvalue weighted by Gasteiger charge is -2.23. The highest BCUT2D eigenvalue weighted by molar-refractivity contribution is 5.94. The topological polar surface area (TPSA) is 41.1 Å². The summed E-state index contributed by atoms with van der Waals surface area (Å²) in [5.41, 5.74) is 3.31. The van der Waals surface area contributed by atoms with Gasteiger partial charge < -0.3 is 10.6 Å². The molecule has 4 heteroatoms. The van der Waals surface area contributed by atoms with Crippen LogP contribution in [0.1, 0.15) is 53.6 Å². The van der Waals surface area contributed by atoms with E-state index in [1.54, 1.807) is 0 Å². The fourth-order valence-corrected chi connectivity index (χ4v) is 2.68. The largest absolute Gasteiger partial charge is 0.352 e. The van der Waals surface area contributed by atoms with Crippen LogP contribution in [0.25, 0.3) is 0 Å². The van der Waals surface area contributed by atoms with Crippen LogP contribution in [0, 0.1) is 6.92 Å². The first kappa shape index (κ1) is 17.0. The molecule has 20 heavy (non-hydrogen) atoms. The van der Waals surface area contributed by atoms with Crippen LogP contribution < -0.4 is 10.6 Å². The molecule has 0 spiro atoms. The van der Waals surface area contributed by atoms with Crippen molar-refractivity contribution in [3.8, 4) is 0 Å². The fraction of sp³-hybridized carbons (Fsp3) is 0.562. The van der Waals surface area contributed by atoms with E-state index >= 15 is 0 Å². The van der Waals surface area contributed by atoms with Gasteiger partial charge in [-0.05, 0) is 62.9 Å². The van der Waals surface area contributed by atoms with Crippen molar-refractivity contribution in [2.24, 2.45) is 0 Å². The Kier molecular flexibility index (Phi) is 7.03. The number of aryl methyl sites for hydroxylation is 1. The van der Waals surface area contributed by atoms with Gasteiger partial charge in [0.25, 0.3) is 5.91 Å². The summed E-state index contributed by atoms with van der Waals surface area (Å²) in [6.45, 7) is 7.04. The number of halogens is 1. The van der Waals surface area contributed by atoms with Crippen molar-refractivity contribution in [2.45, 2.75) is 39.0 Å². The minimum absolute atomic E-state index is 0. The lowest BCUT2D eigenvalue weighted by atomic mass is 9.88. The number of benzene rings is 1. The van der Waals surface area contributed by atoms with E-state index in [0.717, 1.165) is 31.6 Å². The predicted molar refractivity (Wildman–Crippen MR) is 85.9 cm³/mol. The first-order valence-electron chi connectivity index (χ1n) is 7.31. The SMILES string of the molecule is CCCNC(=O)c1cc(C)cc(C2CCNCC2)c1.Cl. The molecular formula is C16H25ClN2O. The van der Waals surface area contributed by atoms with E-state index in [1.807, 2.05) is 6.07 Å². The molecule has 0 unspecified atom stereocenters. The number of piperidine rings is 1. The van der Waals surface area contributed by atoms with Gasteiger partial charge in [0.05, 0.1) is 0 Å². The van der Waals surface area contributed by atoms with Crippen LogP contribution in [0.2, 0.25) is 0 Å². The molecule has 0 atom stereocenters. The van der Waals surface area contributed by atoms with Crippen LogP contribution in [0.4, 0.5) is 0 Å². The average Bonchev–Trinajstić information content (AvgIpc) is 2.45. The first-order chi connectivity index (χ1) is 9.20. The number of carbonyl (C=O) groups excluding carboxylic acids is 1. The monoisotopic (exact) mass is 296 g/mol. The van der Waals surface area contributed by atoms with Gasteiger partial charge in [-0.25, -0.2) is 0 Å². The van der Waals surface area contributed by atoms with Crippen molar-refractivity contribution in [1.29, 1.82) is 0 Å². The third-order valence-electron chi connectivity index (χ3n) is 3.71. The number of hydrogen-bond acceptors (Lipinski definition) is 2. The number of hydrogen-bond donors (Lipinski definition) is 2. The van der Waals surface area contributed by atoms with Crippen molar-refractivity contribution in [3.63, 3.8) is 0 Å². The van der Waals surface area contributed by atoms with Gasteiger partial charge in [0, 0.05) is 12.1 Å². The summed E-state index contributed by atoms with van der Waals surface area (Å²) in [4.78, 5) is 12.1. The molecule has 2 N–H and O–H groups in total. The second-order valence-electron chi connectivity index (χ2n) is 5.41. The zero-order valence-electron chi connectivity index (χ0n) is 12.4. The van der Waals surface area contributed by atoms with E-state index in [0.29, 0.717) is 5.92 Å². The predicted octanol–water partition coefficient (Wildman–Crippen LogP) is 3.02. The Morgan fingerprint density at radius 2 is 2.00 bits per heavy atom. The Morgan fingerprint density at radius 1 is 1.30 bits per heavy atom. The maximum atomic E-state index is 12.1. The standard InChI is InChI=1S/C16H24N2O.ClH/c1-3-6-18-16(19)15-10-12(2)9-14(11-15)13-4-7-17-8-5-13;/h9-11,13,17H,3-8H2,1-2H3,(H,18,19);1H. The van der Waals surface area contributed by atoms with Crippen molar-refractivity contribution in [3.05, 3.63) is 34.9 Å². The normalized spacial score (nSPS) is 15.5. The van der Waals surface area contributed by atoms with Crippen molar-refractivity contribution >= 4 is 18.3 Å². The summed E-state index contributed by atoms with van der Waals surface area (Å²) in [6, 6.07) is 6.29. The maximum Gasteiger partial charge on any atom is 0.251 e. The summed E-state index contributed by atoms with van der Waals surface area (Å²) in [6.07, 6.45) is 3.30. The average molecular weight is 297 g/mol. The third-order valence-corrected chi connectivity index (χ3v) is 3.71. The summed E-state index contributed by atoms with van der Waals surface area (Å²) in [5.74, 6) is 0.652. The zero-order valence-corrected chi connectivity index (χ0v) is 13.2. The lowest BCUT2D eigenvalue weighted by Crippen LogP contribution is -2.27. The number of rotatable bonds is 4. The molecule has 0 radical (unpaired) electrons. The van der Waals surface area contributed by atoms with Crippen LogP contribution in [-0.4, -0.2) is 25.5 Å². The number of carbonyl (C=O) groups is 1. The van der Waals surface area contributed by atoms with Crippen molar-refractivity contribution in [1.82, 2.24) is 10.6 Å². The van der Waals surface area contributed by atoms with Gasteiger partial charge in [-0.3, -0.25) is 4.79 Å². The molecule has 1 amide bonds. The molecule has 1 aromatic carbocycles. The molecule has 1 aliphatic heterocycles. The van der Waals surface area contributed by atoms with E-state index < -0.39 is 0 Å². The Hall–Kier alpha value is -1.06. The molecule has 0 aromatic heterocycles. The molecule has 1 saturated heterocycles. The maximum absolute atomic E-state index is 12.1. The van der Waals surface area contributed by atoms with E-state index in [2.05, 4.69) is 36.6 Å². The molecule has 2 rings (SSSR count). The van der Waals surface area contributed by atoms with E-state index in [1.165, 1.54) is 24.0 Å². The second-order valence-corrected chi connectivity index (χ2v) is 5.41. The quantitative estimate of drug-likeness (QED) is 0.897. The molecule has 0 aliphatic carbocycles. The van der Waals surface area contributed by atoms with Crippen LogP contribution in [0.5, 0.6) is 0 Å². The Morgan fingerprint density at radius 3 is 2.65 bits per heavy atom. The van der Waals surface area contributed by atoms with E-state index in [9.17, 15) is 4.79 Å². The van der Waals surface area contributed by atoms with Gasteiger partial charge in [-0.2, -0.15) is 0 Å². The fourth-order valence-electron chi connectivity index (χ4n) is 2.68. The summed E-state index contributed by atoms with van der Waals surface area (Å²) in [5, 5.41) is 6.34. The summed E-state index contributed by atoms with van der Waals surface area (Å²) in [7, 11) is 0. The first-order valence-corrected chi connectivity index (χ1v) is 7.31. The molecular weight excluding hydrogens is 272 g/mol. The van der Waals surface area contributed by atoms with Gasteiger partial charge >= 0.3 is 0 Å². The summed E-state index contributed by atoms with van der Waals surface area (Å²) >= 11 is 0. The van der Waals surface area contributed by atoms with Crippen LogP contribution in [-0.2, 0) is 0 Å². The Labute approximate surface area is 127 Å². The second kappa shape index (κ2) is 8.28. The van der Waals surface area contributed by atoms with Gasteiger partial charge in [0.15, 0.2) is 0 Å². The molecule has 1 heterocycles. The Balaban J connectivity index is 0.00000200. The van der Waals surface area contributed by atoms with Crippen molar-refractivity contribution in [2.75, 3.05) is 19.6 Å². The van der Waals surface area contributed by atoms with Crippen LogP contribution in [0.15, 0.2) is 18.2 Å². The van der Waals surface area contributed by atoms with Gasteiger partial charge in [-0.1, -0.05) is 18.6 Å². The van der Waals surface area contributed by atoms with E-state index in [-0.39, 0.29) is 18.3 Å². The van der Waals surface area contributed by atoms with Crippen molar-refractivity contribution < 1.29 is 4.79 Å². The minimum Gasteiger partial charge on any atom is -0.352 e. The molecule has 1 fully saturated rings. The number of amides is 1. The highest BCUT2D eigenvalue weighted by Crippen LogP contribution is 2.26. The third kappa shape index (κ3) is 4.50.